The highest BCUT2D eigenvalue weighted by Crippen LogP contribution is 2.48. The van der Waals surface area contributed by atoms with Gasteiger partial charge in [0.15, 0.2) is 11.5 Å². The van der Waals surface area contributed by atoms with Gasteiger partial charge in [0.1, 0.15) is 11.1 Å². The monoisotopic (exact) mass is 411 g/mol. The van der Waals surface area contributed by atoms with Crippen molar-refractivity contribution in [3.63, 3.8) is 0 Å². The Labute approximate surface area is 167 Å². The van der Waals surface area contributed by atoms with Gasteiger partial charge in [-0.1, -0.05) is 17.7 Å². The van der Waals surface area contributed by atoms with E-state index < -0.39 is 5.38 Å². The first-order chi connectivity index (χ1) is 13.0. The van der Waals surface area contributed by atoms with Crippen LogP contribution >= 0.6 is 23.2 Å². The molecule has 2 aromatic carbocycles. The number of amides is 1. The zero-order chi connectivity index (χ0) is 19.7. The van der Waals surface area contributed by atoms with Crippen molar-refractivity contribution in [2.24, 2.45) is 0 Å². The van der Waals surface area contributed by atoms with Gasteiger partial charge < -0.3 is 23.8 Å². The first-order valence-electron chi connectivity index (χ1n) is 8.07. The van der Waals surface area contributed by atoms with Gasteiger partial charge in [-0.05, 0) is 17.7 Å². The van der Waals surface area contributed by atoms with Crippen LogP contribution in [0.1, 0.15) is 11.6 Å². The number of alkyl halides is 1. The minimum atomic E-state index is -0.700. The van der Waals surface area contributed by atoms with Crippen LogP contribution in [0.5, 0.6) is 23.0 Å². The molecule has 27 heavy (non-hydrogen) atoms. The van der Waals surface area contributed by atoms with Gasteiger partial charge in [0.25, 0.3) is 0 Å². The average molecular weight is 412 g/mol. The van der Waals surface area contributed by atoms with Crippen LogP contribution in [0.4, 0.5) is 5.69 Å². The van der Waals surface area contributed by atoms with Crippen molar-refractivity contribution >= 4 is 34.8 Å². The number of rotatable bonds is 6. The lowest BCUT2D eigenvalue weighted by molar-refractivity contribution is -0.123. The van der Waals surface area contributed by atoms with Crippen molar-refractivity contribution in [1.29, 1.82) is 0 Å². The Morgan fingerprint density at radius 1 is 0.889 bits per heavy atom. The number of carbonyl (C=O) groups is 1. The molecule has 0 saturated carbocycles. The first kappa shape index (κ1) is 19.5. The standard InChI is InChI=1S/C19H19Cl2NO5/c1-24-13-6-5-10(7-12(13)20)17-16(21)19(23)22(17)11-8-14(25-2)18(27-4)15(9-11)26-3/h5-9,16-17H,1-4H3/t16-,17-/m0/s1. The summed E-state index contributed by atoms with van der Waals surface area (Å²) in [5.74, 6) is 1.68. The highest BCUT2D eigenvalue weighted by atomic mass is 35.5. The molecule has 0 unspecified atom stereocenters. The molecule has 1 amide bonds. The first-order valence-corrected chi connectivity index (χ1v) is 8.88. The van der Waals surface area contributed by atoms with Crippen LogP contribution in [0, 0.1) is 0 Å². The summed E-state index contributed by atoms with van der Waals surface area (Å²) >= 11 is 12.6. The number of halogens is 2. The highest BCUT2D eigenvalue weighted by molar-refractivity contribution is 6.37. The van der Waals surface area contributed by atoms with E-state index in [0.717, 1.165) is 5.56 Å². The predicted octanol–water partition coefficient (Wildman–Crippen LogP) is 4.07. The van der Waals surface area contributed by atoms with E-state index in [1.165, 1.54) is 21.3 Å². The quantitative estimate of drug-likeness (QED) is 0.529. The molecule has 0 aliphatic carbocycles. The maximum Gasteiger partial charge on any atom is 0.248 e. The third kappa shape index (κ3) is 3.24. The Kier molecular flexibility index (Phi) is 5.58. The van der Waals surface area contributed by atoms with Crippen LogP contribution in [0.25, 0.3) is 0 Å². The van der Waals surface area contributed by atoms with Crippen LogP contribution in [0.3, 0.4) is 0 Å². The van der Waals surface area contributed by atoms with E-state index in [9.17, 15) is 4.79 Å². The second kappa shape index (κ2) is 7.74. The summed E-state index contributed by atoms with van der Waals surface area (Å²) in [6.07, 6.45) is 0. The molecule has 0 aromatic heterocycles. The molecule has 0 bridgehead atoms. The van der Waals surface area contributed by atoms with E-state index in [2.05, 4.69) is 0 Å². The highest BCUT2D eigenvalue weighted by Gasteiger charge is 2.48. The smallest absolute Gasteiger partial charge is 0.248 e. The molecule has 3 rings (SSSR count). The topological polar surface area (TPSA) is 57.2 Å². The molecule has 8 heteroatoms. The van der Waals surface area contributed by atoms with E-state index in [1.54, 1.807) is 36.3 Å². The van der Waals surface area contributed by atoms with Gasteiger partial charge >= 0.3 is 0 Å². The summed E-state index contributed by atoms with van der Waals surface area (Å²) in [6.45, 7) is 0. The summed E-state index contributed by atoms with van der Waals surface area (Å²) in [4.78, 5) is 14.1. The van der Waals surface area contributed by atoms with E-state index in [1.807, 2.05) is 6.07 Å². The number of carbonyl (C=O) groups excluding carboxylic acids is 1. The predicted molar refractivity (Wildman–Crippen MR) is 104 cm³/mol. The number of nitrogens with zero attached hydrogens (tertiary/aromatic N) is 1. The van der Waals surface area contributed by atoms with E-state index in [4.69, 9.17) is 42.1 Å². The normalized spacial score (nSPS) is 18.7. The molecule has 6 nitrogen and oxygen atoms in total. The van der Waals surface area contributed by atoms with Crippen molar-refractivity contribution in [3.8, 4) is 23.0 Å². The van der Waals surface area contributed by atoms with Crippen LogP contribution in [-0.4, -0.2) is 39.7 Å². The summed E-state index contributed by atoms with van der Waals surface area (Å²) in [7, 11) is 6.10. The molecule has 0 N–H and O–H groups in total. The third-order valence-corrected chi connectivity index (χ3v) is 5.19. The number of ether oxygens (including phenoxy) is 4. The van der Waals surface area contributed by atoms with Crippen molar-refractivity contribution < 1.29 is 23.7 Å². The van der Waals surface area contributed by atoms with Crippen LogP contribution in [0.2, 0.25) is 5.02 Å². The largest absolute Gasteiger partial charge is 0.495 e. The zero-order valence-electron chi connectivity index (χ0n) is 15.3. The molecule has 2 atom stereocenters. The third-order valence-electron chi connectivity index (χ3n) is 4.47. The van der Waals surface area contributed by atoms with Crippen molar-refractivity contribution in [1.82, 2.24) is 0 Å². The Morgan fingerprint density at radius 3 is 1.96 bits per heavy atom. The van der Waals surface area contributed by atoms with E-state index in [0.29, 0.717) is 33.7 Å². The second-order valence-corrected chi connectivity index (χ2v) is 6.71. The number of β-lactam (4-membered cyclic amide) rings is 1. The molecular formula is C19H19Cl2NO5. The van der Waals surface area contributed by atoms with E-state index in [-0.39, 0.29) is 11.9 Å². The van der Waals surface area contributed by atoms with Gasteiger partial charge in [-0.15, -0.1) is 11.6 Å². The summed E-state index contributed by atoms with van der Waals surface area (Å²) in [5.41, 5.74) is 1.39. The molecule has 0 spiro atoms. The average Bonchev–Trinajstić information content (AvgIpc) is 2.69. The van der Waals surface area contributed by atoms with Gasteiger partial charge in [0, 0.05) is 12.1 Å². The fourth-order valence-electron chi connectivity index (χ4n) is 3.13. The fourth-order valence-corrected chi connectivity index (χ4v) is 3.76. The summed E-state index contributed by atoms with van der Waals surface area (Å²) in [6, 6.07) is 8.36. The number of methoxy groups -OCH3 is 4. The van der Waals surface area contributed by atoms with Crippen LogP contribution in [0.15, 0.2) is 30.3 Å². The van der Waals surface area contributed by atoms with Crippen molar-refractivity contribution in [2.45, 2.75) is 11.4 Å². The van der Waals surface area contributed by atoms with Crippen molar-refractivity contribution in [2.75, 3.05) is 33.3 Å². The molecule has 1 saturated heterocycles. The van der Waals surface area contributed by atoms with Crippen LogP contribution < -0.4 is 23.8 Å². The minimum absolute atomic E-state index is 0.220. The number of anilines is 1. The minimum Gasteiger partial charge on any atom is -0.495 e. The summed E-state index contributed by atoms with van der Waals surface area (Å²) < 4.78 is 21.3. The lowest BCUT2D eigenvalue weighted by Crippen LogP contribution is -2.56. The molecule has 0 radical (unpaired) electrons. The molecule has 1 fully saturated rings. The van der Waals surface area contributed by atoms with Gasteiger partial charge in [-0.3, -0.25) is 4.79 Å². The Balaban J connectivity index is 2.05. The maximum absolute atomic E-state index is 12.5. The molecule has 2 aromatic rings. The molecule has 144 valence electrons. The maximum atomic E-state index is 12.5. The van der Waals surface area contributed by atoms with Crippen LogP contribution in [-0.2, 0) is 4.79 Å². The number of hydrogen-bond acceptors (Lipinski definition) is 5. The SMILES string of the molecule is COc1ccc([C@H]2[C@H](Cl)C(=O)N2c2cc(OC)c(OC)c(OC)c2)cc1Cl. The molecule has 1 aliphatic rings. The van der Waals surface area contributed by atoms with E-state index >= 15 is 0 Å². The Hall–Kier alpha value is -2.31. The fraction of sp³-hybridized carbons (Fsp3) is 0.316. The number of hydrogen-bond donors (Lipinski definition) is 0. The van der Waals surface area contributed by atoms with Gasteiger partial charge in [-0.25, -0.2) is 0 Å². The molecular weight excluding hydrogens is 393 g/mol. The second-order valence-electron chi connectivity index (χ2n) is 5.83. The zero-order valence-corrected chi connectivity index (χ0v) is 16.8. The van der Waals surface area contributed by atoms with Gasteiger partial charge in [0.05, 0.1) is 45.2 Å². The molecule has 1 aliphatic heterocycles. The van der Waals surface area contributed by atoms with Gasteiger partial charge in [-0.2, -0.15) is 0 Å². The summed E-state index contributed by atoms with van der Waals surface area (Å²) in [5, 5.41) is -0.253. The lowest BCUT2D eigenvalue weighted by Gasteiger charge is -2.44. The Morgan fingerprint density at radius 2 is 1.48 bits per heavy atom. The number of benzene rings is 2. The Bertz CT molecular complexity index is 848. The lowest BCUT2D eigenvalue weighted by atomic mass is 9.92. The van der Waals surface area contributed by atoms with Gasteiger partial charge in [0.2, 0.25) is 11.7 Å². The molecule has 1 heterocycles. The van der Waals surface area contributed by atoms with Crippen molar-refractivity contribution in [3.05, 3.63) is 40.9 Å².